The summed E-state index contributed by atoms with van der Waals surface area (Å²) in [5.74, 6) is 0.671. The number of ether oxygens (including phenoxy) is 1. The van der Waals surface area contributed by atoms with E-state index in [1.165, 1.54) is 0 Å². The minimum Gasteiger partial charge on any atom is -0.374 e. The van der Waals surface area contributed by atoms with Crippen molar-refractivity contribution in [1.82, 2.24) is 10.2 Å². The summed E-state index contributed by atoms with van der Waals surface area (Å²) in [6.45, 7) is 8.70. The van der Waals surface area contributed by atoms with E-state index in [-0.39, 0.29) is 12.0 Å². The predicted octanol–water partition coefficient (Wildman–Crippen LogP) is 2.36. The number of carbonyl (C=O) groups excluding carboxylic acids is 1. The molecule has 1 unspecified atom stereocenters. The van der Waals surface area contributed by atoms with Crippen molar-refractivity contribution in [3.8, 4) is 0 Å². The Balaban J connectivity index is 1.72. The zero-order valence-corrected chi connectivity index (χ0v) is 14.1. The van der Waals surface area contributed by atoms with Crippen LogP contribution >= 0.6 is 11.6 Å². The van der Waals surface area contributed by atoms with Gasteiger partial charge in [-0.25, -0.2) is 0 Å². The molecule has 1 aliphatic heterocycles. The van der Waals surface area contributed by atoms with Crippen LogP contribution in [0.4, 0.5) is 0 Å². The van der Waals surface area contributed by atoms with E-state index < -0.39 is 0 Å². The van der Waals surface area contributed by atoms with Crippen molar-refractivity contribution in [3.63, 3.8) is 0 Å². The topological polar surface area (TPSA) is 41.6 Å². The Hall–Kier alpha value is -1.10. The molecule has 1 aliphatic rings. The van der Waals surface area contributed by atoms with Gasteiger partial charge in [0.15, 0.2) is 0 Å². The molecule has 1 heterocycles. The van der Waals surface area contributed by atoms with Gasteiger partial charge in [-0.1, -0.05) is 37.6 Å². The van der Waals surface area contributed by atoms with Crippen LogP contribution in [0, 0.1) is 5.92 Å². The van der Waals surface area contributed by atoms with E-state index in [1.807, 2.05) is 12.1 Å². The molecule has 1 atom stereocenters. The fraction of sp³-hybridized carbons (Fsp3) is 0.588. The summed E-state index contributed by atoms with van der Waals surface area (Å²) in [5, 5.41) is 3.65. The van der Waals surface area contributed by atoms with Crippen LogP contribution in [0.15, 0.2) is 24.3 Å². The van der Waals surface area contributed by atoms with Gasteiger partial charge in [0.25, 0.3) is 0 Å². The van der Waals surface area contributed by atoms with E-state index in [4.69, 9.17) is 16.3 Å². The minimum absolute atomic E-state index is 0.0203. The lowest BCUT2D eigenvalue weighted by Gasteiger charge is -2.33. The lowest BCUT2D eigenvalue weighted by atomic mass is 10.1. The maximum Gasteiger partial charge on any atom is 0.224 e. The highest BCUT2D eigenvalue weighted by Gasteiger charge is 2.21. The lowest BCUT2D eigenvalue weighted by Crippen LogP contribution is -2.48. The van der Waals surface area contributed by atoms with Crippen molar-refractivity contribution in [3.05, 3.63) is 34.9 Å². The molecular weight excluding hydrogens is 300 g/mol. The summed E-state index contributed by atoms with van der Waals surface area (Å²) in [6.07, 6.45) is 0.459. The Morgan fingerprint density at radius 2 is 2.14 bits per heavy atom. The average Bonchev–Trinajstić information content (AvgIpc) is 2.47. The van der Waals surface area contributed by atoms with E-state index in [9.17, 15) is 4.79 Å². The number of halogens is 1. The van der Waals surface area contributed by atoms with Gasteiger partial charge in [-0.2, -0.15) is 0 Å². The fourth-order valence-corrected chi connectivity index (χ4v) is 2.79. The monoisotopic (exact) mass is 324 g/mol. The van der Waals surface area contributed by atoms with Gasteiger partial charge in [-0.05, 0) is 23.6 Å². The molecule has 1 aromatic rings. The van der Waals surface area contributed by atoms with Gasteiger partial charge in [-0.15, -0.1) is 0 Å². The molecule has 1 amide bonds. The van der Waals surface area contributed by atoms with Crippen molar-refractivity contribution >= 4 is 17.5 Å². The first-order valence-corrected chi connectivity index (χ1v) is 8.26. The van der Waals surface area contributed by atoms with Crippen molar-refractivity contribution in [1.29, 1.82) is 0 Å². The number of amides is 1. The van der Waals surface area contributed by atoms with Gasteiger partial charge in [0.1, 0.15) is 0 Å². The Kier molecular flexibility index (Phi) is 6.68. The summed E-state index contributed by atoms with van der Waals surface area (Å²) in [5.41, 5.74) is 0.966. The number of hydrogen-bond acceptors (Lipinski definition) is 3. The zero-order chi connectivity index (χ0) is 15.9. The molecule has 0 aromatic heterocycles. The summed E-state index contributed by atoms with van der Waals surface area (Å²) in [6, 6.07) is 7.36. The van der Waals surface area contributed by atoms with Gasteiger partial charge in [0.2, 0.25) is 5.91 Å². The normalized spacial score (nSPS) is 19.4. The average molecular weight is 325 g/mol. The molecule has 0 saturated carbocycles. The number of carbonyl (C=O) groups is 1. The van der Waals surface area contributed by atoms with Gasteiger partial charge < -0.3 is 10.1 Å². The molecular formula is C17H25ClN2O2. The highest BCUT2D eigenvalue weighted by atomic mass is 35.5. The molecule has 1 saturated heterocycles. The molecule has 0 bridgehead atoms. The van der Waals surface area contributed by atoms with Crippen molar-refractivity contribution in [2.75, 3.05) is 32.8 Å². The van der Waals surface area contributed by atoms with Crippen molar-refractivity contribution in [2.24, 2.45) is 5.92 Å². The molecule has 0 spiro atoms. The van der Waals surface area contributed by atoms with Crippen LogP contribution in [0.2, 0.25) is 5.02 Å². The van der Waals surface area contributed by atoms with E-state index in [0.717, 1.165) is 31.8 Å². The molecule has 122 valence electrons. The molecule has 1 N–H and O–H groups in total. The summed E-state index contributed by atoms with van der Waals surface area (Å²) >= 11 is 5.84. The van der Waals surface area contributed by atoms with Crippen LogP contribution in [-0.2, 0) is 16.0 Å². The number of benzene rings is 1. The largest absolute Gasteiger partial charge is 0.374 e. The smallest absolute Gasteiger partial charge is 0.224 e. The SMILES string of the molecule is CC(C)CN1CCOC(CNC(=O)Cc2ccc(Cl)cc2)C1. The predicted molar refractivity (Wildman–Crippen MR) is 89.2 cm³/mol. The molecule has 4 nitrogen and oxygen atoms in total. The van der Waals surface area contributed by atoms with Crippen LogP contribution in [0.5, 0.6) is 0 Å². The zero-order valence-electron chi connectivity index (χ0n) is 13.3. The number of nitrogens with zero attached hydrogens (tertiary/aromatic N) is 1. The van der Waals surface area contributed by atoms with Crippen molar-refractivity contribution < 1.29 is 9.53 Å². The summed E-state index contributed by atoms with van der Waals surface area (Å²) in [7, 11) is 0. The number of rotatable bonds is 6. The second-order valence-corrected chi connectivity index (χ2v) is 6.69. The second-order valence-electron chi connectivity index (χ2n) is 6.25. The van der Waals surface area contributed by atoms with E-state index in [2.05, 4.69) is 24.1 Å². The number of nitrogens with one attached hydrogen (secondary N) is 1. The summed E-state index contributed by atoms with van der Waals surface area (Å²) < 4.78 is 5.73. The molecule has 2 rings (SSSR count). The molecule has 22 heavy (non-hydrogen) atoms. The van der Waals surface area contributed by atoms with Gasteiger partial charge in [-0.3, -0.25) is 9.69 Å². The van der Waals surface area contributed by atoms with Crippen LogP contribution in [0.1, 0.15) is 19.4 Å². The Morgan fingerprint density at radius 3 is 2.82 bits per heavy atom. The first-order valence-electron chi connectivity index (χ1n) is 7.88. The van der Waals surface area contributed by atoms with Gasteiger partial charge in [0.05, 0.1) is 19.1 Å². The summed E-state index contributed by atoms with van der Waals surface area (Å²) in [4.78, 5) is 14.4. The van der Waals surface area contributed by atoms with E-state index in [1.54, 1.807) is 12.1 Å². The molecule has 5 heteroatoms. The molecule has 0 radical (unpaired) electrons. The van der Waals surface area contributed by atoms with Crippen LogP contribution in [0.25, 0.3) is 0 Å². The first-order chi connectivity index (χ1) is 10.5. The van der Waals surface area contributed by atoms with Crippen LogP contribution < -0.4 is 5.32 Å². The highest BCUT2D eigenvalue weighted by molar-refractivity contribution is 6.30. The molecule has 0 aliphatic carbocycles. The molecule has 1 fully saturated rings. The standard InChI is InChI=1S/C17H25ClN2O2/c1-13(2)11-20-7-8-22-16(12-20)10-19-17(21)9-14-3-5-15(18)6-4-14/h3-6,13,16H,7-12H2,1-2H3,(H,19,21). The quantitative estimate of drug-likeness (QED) is 0.873. The van der Waals surface area contributed by atoms with Gasteiger partial charge in [0, 0.05) is 31.2 Å². The lowest BCUT2D eigenvalue weighted by molar-refractivity contribution is -0.121. The Morgan fingerprint density at radius 1 is 1.41 bits per heavy atom. The third kappa shape index (κ3) is 5.95. The Bertz CT molecular complexity index is 476. The fourth-order valence-electron chi connectivity index (χ4n) is 2.66. The number of hydrogen-bond donors (Lipinski definition) is 1. The van der Waals surface area contributed by atoms with Crippen LogP contribution in [-0.4, -0.2) is 49.7 Å². The number of morpholine rings is 1. The maximum atomic E-state index is 12.0. The first kappa shape index (κ1) is 17.3. The minimum atomic E-state index is 0.0203. The Labute approximate surface area is 137 Å². The third-order valence-corrected chi connectivity index (χ3v) is 3.90. The maximum absolute atomic E-state index is 12.0. The van der Waals surface area contributed by atoms with E-state index in [0.29, 0.717) is 23.9 Å². The third-order valence-electron chi connectivity index (χ3n) is 3.65. The highest BCUT2D eigenvalue weighted by Crippen LogP contribution is 2.10. The molecule has 1 aromatic carbocycles. The van der Waals surface area contributed by atoms with Crippen molar-refractivity contribution in [2.45, 2.75) is 26.4 Å². The second kappa shape index (κ2) is 8.51. The van der Waals surface area contributed by atoms with Gasteiger partial charge >= 0.3 is 0 Å². The van der Waals surface area contributed by atoms with Crippen LogP contribution in [0.3, 0.4) is 0 Å². The van der Waals surface area contributed by atoms with E-state index >= 15 is 0 Å².